The summed E-state index contributed by atoms with van der Waals surface area (Å²) in [6, 6.07) is 12.8. The molecule has 1 aliphatic rings. The molecule has 158 valence electrons. The van der Waals surface area contributed by atoms with E-state index in [4.69, 9.17) is 9.52 Å². The first kappa shape index (κ1) is 18.4. The SMILES string of the molecule is Cc1cccc(-c2nnc(C(=O)N3CCc4[nH]cnc4[C@H]3c3cc4ccccn4n3)o2)n1. The van der Waals surface area contributed by atoms with Gasteiger partial charge >= 0.3 is 11.8 Å². The lowest BCUT2D eigenvalue weighted by Crippen LogP contribution is -2.41. The van der Waals surface area contributed by atoms with Gasteiger partial charge in [-0.15, -0.1) is 10.2 Å². The first-order chi connectivity index (χ1) is 15.7. The summed E-state index contributed by atoms with van der Waals surface area (Å²) in [5.41, 5.74) is 4.77. The quantitative estimate of drug-likeness (QED) is 0.471. The van der Waals surface area contributed by atoms with Gasteiger partial charge in [-0.2, -0.15) is 5.10 Å². The topological polar surface area (TPSA) is 118 Å². The lowest BCUT2D eigenvalue weighted by molar-refractivity contribution is 0.0646. The van der Waals surface area contributed by atoms with Crippen LogP contribution in [0.3, 0.4) is 0 Å². The zero-order valence-corrected chi connectivity index (χ0v) is 17.1. The smallest absolute Gasteiger partial charge is 0.312 e. The molecule has 10 heteroatoms. The predicted molar refractivity (Wildman–Crippen MR) is 113 cm³/mol. The van der Waals surface area contributed by atoms with E-state index < -0.39 is 6.04 Å². The van der Waals surface area contributed by atoms with E-state index in [1.807, 2.05) is 49.5 Å². The number of rotatable bonds is 3. The third-order valence-electron chi connectivity index (χ3n) is 5.57. The molecule has 32 heavy (non-hydrogen) atoms. The molecule has 0 saturated heterocycles. The van der Waals surface area contributed by atoms with Crippen molar-refractivity contribution < 1.29 is 9.21 Å². The van der Waals surface area contributed by atoms with Gasteiger partial charge in [0.15, 0.2) is 0 Å². The van der Waals surface area contributed by atoms with Crippen LogP contribution in [-0.4, -0.2) is 52.1 Å². The molecule has 6 heterocycles. The molecule has 0 saturated carbocycles. The molecule has 5 aromatic rings. The molecular weight excluding hydrogens is 408 g/mol. The Morgan fingerprint density at radius 2 is 2.12 bits per heavy atom. The van der Waals surface area contributed by atoms with E-state index in [2.05, 4.69) is 25.1 Å². The van der Waals surface area contributed by atoms with Crippen LogP contribution in [0.25, 0.3) is 17.1 Å². The Kier molecular flexibility index (Phi) is 4.10. The molecule has 1 N–H and O–H groups in total. The van der Waals surface area contributed by atoms with Crippen LogP contribution >= 0.6 is 0 Å². The lowest BCUT2D eigenvalue weighted by atomic mass is 9.99. The van der Waals surface area contributed by atoms with Crippen molar-refractivity contribution in [3.05, 3.63) is 83.7 Å². The van der Waals surface area contributed by atoms with Crippen molar-refractivity contribution in [3.63, 3.8) is 0 Å². The van der Waals surface area contributed by atoms with Gasteiger partial charge < -0.3 is 14.3 Å². The van der Waals surface area contributed by atoms with E-state index in [0.29, 0.717) is 18.7 Å². The fourth-order valence-corrected chi connectivity index (χ4v) is 4.08. The summed E-state index contributed by atoms with van der Waals surface area (Å²) in [6.07, 6.45) is 4.17. The highest BCUT2D eigenvalue weighted by Crippen LogP contribution is 2.34. The minimum Gasteiger partial charge on any atom is -0.411 e. The van der Waals surface area contributed by atoms with E-state index in [9.17, 15) is 4.79 Å². The number of carbonyl (C=O) groups excluding carboxylic acids is 1. The molecular formula is C22H18N8O2. The second-order valence-electron chi connectivity index (χ2n) is 7.63. The van der Waals surface area contributed by atoms with Gasteiger partial charge in [-0.25, -0.2) is 14.5 Å². The number of hydrogen-bond donors (Lipinski definition) is 1. The average Bonchev–Trinajstić information content (AvgIpc) is 3.56. The minimum absolute atomic E-state index is 0.0870. The summed E-state index contributed by atoms with van der Waals surface area (Å²) in [4.78, 5) is 27.2. The number of nitrogens with zero attached hydrogens (tertiary/aromatic N) is 7. The molecule has 0 radical (unpaired) electrons. The molecule has 0 aliphatic carbocycles. The second kappa shape index (κ2) is 7.12. The summed E-state index contributed by atoms with van der Waals surface area (Å²) >= 11 is 0. The van der Waals surface area contributed by atoms with Crippen LogP contribution in [0.5, 0.6) is 0 Å². The second-order valence-corrected chi connectivity index (χ2v) is 7.63. The monoisotopic (exact) mass is 426 g/mol. The van der Waals surface area contributed by atoms with E-state index >= 15 is 0 Å². The van der Waals surface area contributed by atoms with Crippen molar-refractivity contribution in [1.82, 2.24) is 39.7 Å². The minimum atomic E-state index is -0.468. The normalized spacial score (nSPS) is 15.8. The summed E-state index contributed by atoms with van der Waals surface area (Å²) in [6.45, 7) is 2.34. The zero-order valence-electron chi connectivity index (χ0n) is 17.1. The predicted octanol–water partition coefficient (Wildman–Crippen LogP) is 2.60. The Morgan fingerprint density at radius 1 is 1.19 bits per heavy atom. The van der Waals surface area contributed by atoms with Crippen LogP contribution < -0.4 is 0 Å². The molecule has 0 aromatic carbocycles. The molecule has 0 unspecified atom stereocenters. The molecule has 1 amide bonds. The van der Waals surface area contributed by atoms with Crippen molar-refractivity contribution in [2.75, 3.05) is 6.54 Å². The Bertz CT molecular complexity index is 1420. The van der Waals surface area contributed by atoms with Crippen LogP contribution in [0.1, 0.15) is 39.5 Å². The first-order valence-corrected chi connectivity index (χ1v) is 10.2. The number of amides is 1. The van der Waals surface area contributed by atoms with Gasteiger partial charge in [0.1, 0.15) is 11.7 Å². The van der Waals surface area contributed by atoms with Crippen molar-refractivity contribution in [3.8, 4) is 11.6 Å². The van der Waals surface area contributed by atoms with Gasteiger partial charge in [-0.3, -0.25) is 4.79 Å². The molecule has 10 nitrogen and oxygen atoms in total. The highest BCUT2D eigenvalue weighted by Gasteiger charge is 2.38. The van der Waals surface area contributed by atoms with Crippen LogP contribution in [-0.2, 0) is 6.42 Å². The largest absolute Gasteiger partial charge is 0.411 e. The molecule has 5 aromatic heterocycles. The van der Waals surface area contributed by atoms with Gasteiger partial charge in [0, 0.05) is 30.6 Å². The molecule has 1 atom stereocenters. The average molecular weight is 426 g/mol. The maximum atomic E-state index is 13.5. The number of carbonyl (C=O) groups is 1. The maximum absolute atomic E-state index is 13.5. The Hall–Kier alpha value is -4.34. The van der Waals surface area contributed by atoms with Gasteiger partial charge in [-0.1, -0.05) is 12.1 Å². The van der Waals surface area contributed by atoms with Crippen LogP contribution in [0.4, 0.5) is 0 Å². The number of aryl methyl sites for hydroxylation is 1. The number of aromatic nitrogens is 7. The fraction of sp³-hybridized carbons (Fsp3) is 0.182. The van der Waals surface area contributed by atoms with E-state index in [1.54, 1.807) is 21.8 Å². The highest BCUT2D eigenvalue weighted by atomic mass is 16.4. The number of hydrogen-bond acceptors (Lipinski definition) is 7. The summed E-state index contributed by atoms with van der Waals surface area (Å²) in [7, 11) is 0. The third-order valence-corrected chi connectivity index (χ3v) is 5.57. The number of nitrogens with one attached hydrogen (secondary N) is 1. The van der Waals surface area contributed by atoms with Gasteiger partial charge in [-0.05, 0) is 37.3 Å². The summed E-state index contributed by atoms with van der Waals surface area (Å²) in [5.74, 6) is -0.248. The number of H-pyrrole nitrogens is 1. The van der Waals surface area contributed by atoms with E-state index in [1.165, 1.54) is 0 Å². The molecule has 6 rings (SSSR count). The van der Waals surface area contributed by atoms with Crippen LogP contribution in [0, 0.1) is 6.92 Å². The van der Waals surface area contributed by atoms with Crippen molar-refractivity contribution in [2.45, 2.75) is 19.4 Å². The van der Waals surface area contributed by atoms with Crippen molar-refractivity contribution in [1.29, 1.82) is 0 Å². The van der Waals surface area contributed by atoms with Gasteiger partial charge in [0.2, 0.25) is 0 Å². The van der Waals surface area contributed by atoms with Crippen molar-refractivity contribution in [2.24, 2.45) is 0 Å². The van der Waals surface area contributed by atoms with Gasteiger partial charge in [0.05, 0.1) is 23.2 Å². The highest BCUT2D eigenvalue weighted by molar-refractivity contribution is 5.90. The molecule has 0 fully saturated rings. The van der Waals surface area contributed by atoms with E-state index in [-0.39, 0.29) is 17.7 Å². The number of imidazole rings is 1. The number of fused-ring (bicyclic) bond motifs is 2. The lowest BCUT2D eigenvalue weighted by Gasteiger charge is -2.32. The fourth-order valence-electron chi connectivity index (χ4n) is 4.08. The third kappa shape index (κ3) is 2.96. The summed E-state index contributed by atoms with van der Waals surface area (Å²) < 4.78 is 7.51. The van der Waals surface area contributed by atoms with Crippen LogP contribution in [0.15, 0.2) is 59.4 Å². The van der Waals surface area contributed by atoms with Crippen LogP contribution in [0.2, 0.25) is 0 Å². The van der Waals surface area contributed by atoms with Crippen molar-refractivity contribution >= 4 is 11.4 Å². The Morgan fingerprint density at radius 3 is 3.00 bits per heavy atom. The number of aromatic amines is 1. The Labute approximate surface area is 181 Å². The number of pyridine rings is 2. The standard InChI is InChI=1S/C22H18N8O2/c1-13-5-4-7-16(25-13)20-26-27-21(32-20)22(31)29-10-8-15-18(24-12-23-15)19(29)17-11-14-6-2-3-9-30(14)28-17/h2-7,9,11-12,19H,8,10H2,1H3,(H,23,24)/t19-/m1/s1. The molecule has 1 aliphatic heterocycles. The summed E-state index contributed by atoms with van der Waals surface area (Å²) in [5, 5.41) is 12.7. The van der Waals surface area contributed by atoms with Gasteiger partial charge in [0.25, 0.3) is 5.89 Å². The van der Waals surface area contributed by atoms with E-state index in [0.717, 1.165) is 28.3 Å². The molecule has 0 bridgehead atoms. The maximum Gasteiger partial charge on any atom is 0.312 e. The Balaban J connectivity index is 1.39. The first-order valence-electron chi connectivity index (χ1n) is 10.2. The zero-order chi connectivity index (χ0) is 21.7. The molecule has 0 spiro atoms.